The van der Waals surface area contributed by atoms with Crippen molar-refractivity contribution in [1.29, 1.82) is 0 Å². The van der Waals surface area contributed by atoms with Crippen molar-refractivity contribution in [3.8, 4) is 5.75 Å². The summed E-state index contributed by atoms with van der Waals surface area (Å²) in [7, 11) is 2.09. The Labute approximate surface area is 116 Å². The standard InChI is InChI=1S/C14H19F3N2O/c1-19-7-5-12(6-8-19)18-10-11-3-2-4-13(9-11)20-14(15,16)17/h2-4,9,12,18H,5-8,10H2,1H3. The Morgan fingerprint density at radius 2 is 2.00 bits per heavy atom. The fourth-order valence-electron chi connectivity index (χ4n) is 2.33. The molecule has 0 atom stereocenters. The minimum absolute atomic E-state index is 0.167. The normalized spacial score (nSPS) is 18.2. The number of rotatable bonds is 4. The number of halogens is 3. The van der Waals surface area contributed by atoms with Gasteiger partial charge in [0.05, 0.1) is 0 Å². The zero-order valence-electron chi connectivity index (χ0n) is 11.4. The van der Waals surface area contributed by atoms with Crippen LogP contribution in [0.4, 0.5) is 13.2 Å². The SMILES string of the molecule is CN1CCC(NCc2cccc(OC(F)(F)F)c2)CC1. The minimum Gasteiger partial charge on any atom is -0.406 e. The quantitative estimate of drug-likeness (QED) is 0.922. The van der Waals surface area contributed by atoms with Crippen LogP contribution in [0.25, 0.3) is 0 Å². The first kappa shape index (κ1) is 15.1. The van der Waals surface area contributed by atoms with Gasteiger partial charge in [-0.1, -0.05) is 12.1 Å². The van der Waals surface area contributed by atoms with E-state index in [2.05, 4.69) is 22.0 Å². The van der Waals surface area contributed by atoms with Gasteiger partial charge in [-0.05, 0) is 50.7 Å². The maximum absolute atomic E-state index is 12.1. The van der Waals surface area contributed by atoms with Crippen molar-refractivity contribution in [2.24, 2.45) is 0 Å². The van der Waals surface area contributed by atoms with Gasteiger partial charge in [-0.25, -0.2) is 0 Å². The highest BCUT2D eigenvalue weighted by Crippen LogP contribution is 2.23. The van der Waals surface area contributed by atoms with Gasteiger partial charge >= 0.3 is 6.36 Å². The number of hydrogen-bond donors (Lipinski definition) is 1. The third-order valence-electron chi connectivity index (χ3n) is 3.45. The van der Waals surface area contributed by atoms with Gasteiger partial charge in [0.15, 0.2) is 0 Å². The van der Waals surface area contributed by atoms with Crippen LogP contribution in [0.15, 0.2) is 24.3 Å². The molecule has 20 heavy (non-hydrogen) atoms. The Bertz CT molecular complexity index is 429. The van der Waals surface area contributed by atoms with E-state index in [1.165, 1.54) is 12.1 Å². The predicted octanol–water partition coefficient (Wildman–Crippen LogP) is 2.77. The molecule has 1 fully saturated rings. The number of benzene rings is 1. The second kappa shape index (κ2) is 6.45. The van der Waals surface area contributed by atoms with E-state index in [1.54, 1.807) is 12.1 Å². The first-order valence-electron chi connectivity index (χ1n) is 6.69. The van der Waals surface area contributed by atoms with E-state index in [0.717, 1.165) is 31.5 Å². The molecule has 112 valence electrons. The second-order valence-corrected chi connectivity index (χ2v) is 5.15. The molecule has 0 unspecified atom stereocenters. The Kier molecular flexibility index (Phi) is 4.88. The summed E-state index contributed by atoms with van der Waals surface area (Å²) in [6.45, 7) is 2.66. The molecule has 0 spiro atoms. The van der Waals surface area contributed by atoms with Gasteiger partial charge < -0.3 is 15.0 Å². The number of ether oxygens (including phenoxy) is 1. The highest BCUT2D eigenvalue weighted by molar-refractivity contribution is 5.28. The maximum atomic E-state index is 12.1. The lowest BCUT2D eigenvalue weighted by molar-refractivity contribution is -0.274. The van der Waals surface area contributed by atoms with Crippen molar-refractivity contribution in [3.63, 3.8) is 0 Å². The lowest BCUT2D eigenvalue weighted by atomic mass is 10.1. The minimum atomic E-state index is -4.64. The van der Waals surface area contributed by atoms with Crippen molar-refractivity contribution in [2.75, 3.05) is 20.1 Å². The van der Waals surface area contributed by atoms with E-state index in [-0.39, 0.29) is 5.75 Å². The average Bonchev–Trinajstić information content (AvgIpc) is 2.36. The molecule has 0 aliphatic carbocycles. The molecule has 1 N–H and O–H groups in total. The molecular formula is C14H19F3N2O. The number of hydrogen-bond acceptors (Lipinski definition) is 3. The number of nitrogens with zero attached hydrogens (tertiary/aromatic N) is 1. The van der Waals surface area contributed by atoms with E-state index in [1.807, 2.05) is 0 Å². The lowest BCUT2D eigenvalue weighted by Gasteiger charge is -2.29. The Balaban J connectivity index is 1.85. The molecule has 0 saturated carbocycles. The number of piperidine rings is 1. The number of alkyl halides is 3. The number of nitrogens with one attached hydrogen (secondary N) is 1. The smallest absolute Gasteiger partial charge is 0.406 e. The molecule has 1 aliphatic rings. The fraction of sp³-hybridized carbons (Fsp3) is 0.571. The summed E-state index contributed by atoms with van der Waals surface area (Å²) in [5, 5.41) is 3.39. The largest absolute Gasteiger partial charge is 0.573 e. The van der Waals surface area contributed by atoms with E-state index in [4.69, 9.17) is 0 Å². The van der Waals surface area contributed by atoms with Crippen molar-refractivity contribution in [1.82, 2.24) is 10.2 Å². The zero-order valence-corrected chi connectivity index (χ0v) is 11.4. The molecule has 1 heterocycles. The van der Waals surface area contributed by atoms with E-state index in [9.17, 15) is 13.2 Å². The predicted molar refractivity (Wildman–Crippen MR) is 70.5 cm³/mol. The van der Waals surface area contributed by atoms with Crippen LogP contribution in [0.3, 0.4) is 0 Å². The molecule has 0 amide bonds. The molecule has 2 rings (SSSR count). The summed E-state index contributed by atoms with van der Waals surface area (Å²) >= 11 is 0. The summed E-state index contributed by atoms with van der Waals surface area (Å²) in [6.07, 6.45) is -2.51. The molecule has 1 aromatic carbocycles. The number of likely N-dealkylation sites (tertiary alicyclic amines) is 1. The Morgan fingerprint density at radius 1 is 1.30 bits per heavy atom. The van der Waals surface area contributed by atoms with E-state index < -0.39 is 6.36 Å². The van der Waals surface area contributed by atoms with Crippen LogP contribution in [0, 0.1) is 0 Å². The monoisotopic (exact) mass is 288 g/mol. The second-order valence-electron chi connectivity index (χ2n) is 5.15. The van der Waals surface area contributed by atoms with Crippen LogP contribution in [0.2, 0.25) is 0 Å². The molecule has 1 aromatic rings. The van der Waals surface area contributed by atoms with Crippen molar-refractivity contribution in [3.05, 3.63) is 29.8 Å². The Morgan fingerprint density at radius 3 is 2.65 bits per heavy atom. The average molecular weight is 288 g/mol. The van der Waals surface area contributed by atoms with Gasteiger partial charge in [-0.3, -0.25) is 0 Å². The van der Waals surface area contributed by atoms with Crippen LogP contribution in [0.1, 0.15) is 18.4 Å². The molecule has 3 nitrogen and oxygen atoms in total. The molecular weight excluding hydrogens is 269 g/mol. The molecule has 6 heteroatoms. The van der Waals surface area contributed by atoms with Crippen molar-refractivity contribution in [2.45, 2.75) is 31.8 Å². The summed E-state index contributed by atoms with van der Waals surface area (Å²) in [5.41, 5.74) is 0.797. The molecule has 1 saturated heterocycles. The highest BCUT2D eigenvalue weighted by atomic mass is 19.4. The van der Waals surface area contributed by atoms with E-state index >= 15 is 0 Å². The molecule has 1 aliphatic heterocycles. The first-order chi connectivity index (χ1) is 9.42. The van der Waals surface area contributed by atoms with Crippen molar-refractivity contribution < 1.29 is 17.9 Å². The third kappa shape index (κ3) is 5.02. The summed E-state index contributed by atoms with van der Waals surface area (Å²) in [4.78, 5) is 2.27. The fourth-order valence-corrected chi connectivity index (χ4v) is 2.33. The molecule has 0 aromatic heterocycles. The van der Waals surface area contributed by atoms with Gasteiger partial charge in [-0.2, -0.15) is 0 Å². The van der Waals surface area contributed by atoms with Gasteiger partial charge in [0.2, 0.25) is 0 Å². The highest BCUT2D eigenvalue weighted by Gasteiger charge is 2.31. The topological polar surface area (TPSA) is 24.5 Å². The Hall–Kier alpha value is -1.27. The van der Waals surface area contributed by atoms with Crippen LogP contribution in [-0.2, 0) is 6.54 Å². The summed E-state index contributed by atoms with van der Waals surface area (Å²) in [5.74, 6) is -0.167. The van der Waals surface area contributed by atoms with Crippen LogP contribution < -0.4 is 10.1 Å². The van der Waals surface area contributed by atoms with Gasteiger partial charge in [0.1, 0.15) is 5.75 Å². The molecule has 0 radical (unpaired) electrons. The summed E-state index contributed by atoms with van der Waals surface area (Å²) in [6, 6.07) is 6.54. The van der Waals surface area contributed by atoms with Crippen LogP contribution >= 0.6 is 0 Å². The first-order valence-corrected chi connectivity index (χ1v) is 6.69. The summed E-state index contributed by atoms with van der Waals surface area (Å²) < 4.78 is 40.3. The lowest BCUT2D eigenvalue weighted by Crippen LogP contribution is -2.40. The van der Waals surface area contributed by atoms with E-state index in [0.29, 0.717) is 12.6 Å². The van der Waals surface area contributed by atoms with Crippen LogP contribution in [-0.4, -0.2) is 37.4 Å². The van der Waals surface area contributed by atoms with Crippen LogP contribution in [0.5, 0.6) is 5.75 Å². The van der Waals surface area contributed by atoms with Gasteiger partial charge in [-0.15, -0.1) is 13.2 Å². The zero-order chi connectivity index (χ0) is 14.6. The maximum Gasteiger partial charge on any atom is 0.573 e. The van der Waals surface area contributed by atoms with Gasteiger partial charge in [0.25, 0.3) is 0 Å². The van der Waals surface area contributed by atoms with Crippen molar-refractivity contribution >= 4 is 0 Å². The van der Waals surface area contributed by atoms with Gasteiger partial charge in [0, 0.05) is 12.6 Å². The molecule has 0 bridgehead atoms. The third-order valence-corrected chi connectivity index (χ3v) is 3.45.